The van der Waals surface area contributed by atoms with Crippen molar-refractivity contribution in [1.82, 2.24) is 4.90 Å². The molecule has 292 valence electrons. The fourth-order valence-corrected chi connectivity index (χ4v) is 11.5. The van der Waals surface area contributed by atoms with Crippen LogP contribution in [-0.2, 0) is 5.41 Å². The van der Waals surface area contributed by atoms with Gasteiger partial charge in [-0.15, -0.1) is 12.8 Å². The summed E-state index contributed by atoms with van der Waals surface area (Å²) >= 11 is 0. The third-order valence-corrected chi connectivity index (χ3v) is 13.9. The summed E-state index contributed by atoms with van der Waals surface area (Å²) in [6.07, 6.45) is 44.2. The first kappa shape index (κ1) is 38.3. The van der Waals surface area contributed by atoms with E-state index in [0.717, 1.165) is 36.3 Å². The number of benzene rings is 4. The molecule has 6 unspecified atom stereocenters. The first-order valence-corrected chi connectivity index (χ1v) is 21.7. The molecule has 1 saturated carbocycles. The second kappa shape index (κ2) is 16.6. The molecular weight excluding hydrogens is 713 g/mol. The molecule has 2 nitrogen and oxygen atoms in total. The molecule has 1 N–H and O–H groups in total. The second-order valence-electron chi connectivity index (χ2n) is 16.9. The van der Waals surface area contributed by atoms with E-state index in [1.54, 1.807) is 5.56 Å². The number of nitrogens with one attached hydrogen (secondary N) is 1. The molecule has 0 aromatic heterocycles. The zero-order valence-corrected chi connectivity index (χ0v) is 34.4. The van der Waals surface area contributed by atoms with Gasteiger partial charge >= 0.3 is 0 Å². The Kier molecular flexibility index (Phi) is 10.8. The van der Waals surface area contributed by atoms with Crippen LogP contribution in [0.2, 0.25) is 0 Å². The number of hydrogen-bond acceptors (Lipinski definition) is 2. The fourth-order valence-electron chi connectivity index (χ4n) is 11.5. The van der Waals surface area contributed by atoms with E-state index >= 15 is 0 Å². The lowest BCUT2D eigenvalue weighted by atomic mass is 9.60. The minimum atomic E-state index is -0.156. The number of allylic oxidation sites excluding steroid dienone is 12. The van der Waals surface area contributed by atoms with Gasteiger partial charge in [-0.2, -0.15) is 0 Å². The van der Waals surface area contributed by atoms with Crippen molar-refractivity contribution >= 4 is 16.9 Å². The lowest BCUT2D eigenvalue weighted by Gasteiger charge is -2.43. The topological polar surface area (TPSA) is 15.3 Å². The van der Waals surface area contributed by atoms with Gasteiger partial charge in [-0.25, -0.2) is 0 Å². The zero-order chi connectivity index (χ0) is 40.3. The highest BCUT2D eigenvalue weighted by Crippen LogP contribution is 2.69. The molecule has 4 aromatic carbocycles. The molecule has 1 spiro atoms. The molecular formula is C57H54N2. The maximum absolute atomic E-state index is 6.18. The summed E-state index contributed by atoms with van der Waals surface area (Å²) < 4.78 is 0. The fraction of sp³-hybridized carbons (Fsp3) is 0.263. The van der Waals surface area contributed by atoms with Crippen molar-refractivity contribution < 1.29 is 0 Å². The summed E-state index contributed by atoms with van der Waals surface area (Å²) in [5, 5.41) is 3.56. The highest BCUT2D eigenvalue weighted by Gasteiger charge is 2.62. The smallest absolute Gasteiger partial charge is 0.0924 e. The van der Waals surface area contributed by atoms with E-state index in [-0.39, 0.29) is 17.4 Å². The predicted octanol–water partition coefficient (Wildman–Crippen LogP) is 13.9. The number of fused-ring (bicyclic) bond motifs is 7. The zero-order valence-electron chi connectivity index (χ0n) is 34.4. The van der Waals surface area contributed by atoms with Crippen LogP contribution in [0.4, 0.5) is 11.4 Å². The summed E-state index contributed by atoms with van der Waals surface area (Å²) in [4.78, 5) is 2.38. The Morgan fingerprint density at radius 1 is 0.847 bits per heavy atom. The second-order valence-corrected chi connectivity index (χ2v) is 16.9. The first-order valence-electron chi connectivity index (χ1n) is 21.7. The third-order valence-electron chi connectivity index (χ3n) is 13.9. The van der Waals surface area contributed by atoms with E-state index in [0.29, 0.717) is 17.8 Å². The van der Waals surface area contributed by atoms with E-state index in [1.807, 2.05) is 31.2 Å². The molecule has 5 aliphatic rings. The van der Waals surface area contributed by atoms with Crippen molar-refractivity contribution in [3.63, 3.8) is 0 Å². The third kappa shape index (κ3) is 6.76. The van der Waals surface area contributed by atoms with Gasteiger partial charge in [-0.05, 0) is 156 Å². The molecule has 5 aliphatic carbocycles. The number of rotatable bonds is 9. The van der Waals surface area contributed by atoms with E-state index < -0.39 is 0 Å². The van der Waals surface area contributed by atoms with Gasteiger partial charge in [0.2, 0.25) is 0 Å². The molecule has 0 heterocycles. The Morgan fingerprint density at radius 3 is 2.41 bits per heavy atom. The lowest BCUT2D eigenvalue weighted by molar-refractivity contribution is 0.196. The number of terminal acetylenes is 2. The van der Waals surface area contributed by atoms with Gasteiger partial charge in [0.1, 0.15) is 0 Å². The SMILES string of the molecule is C#C/C=C\C1C(C)c2c(C3=CC=C(N(/C(C#C)=C/C=C\C)C4C=CC=CC4)CC3)cccc2C12c1cc(-c3ccc(Nc4ccccc4)cc3)ccc1C1CCCCC12. The molecule has 1 fully saturated rings. The van der Waals surface area contributed by atoms with Gasteiger partial charge in [-0.3, -0.25) is 0 Å². The summed E-state index contributed by atoms with van der Waals surface area (Å²) in [6, 6.07) is 34.2. The normalized spacial score (nSPS) is 25.6. The average Bonchev–Trinajstić information content (AvgIpc) is 3.73. The van der Waals surface area contributed by atoms with Crippen molar-refractivity contribution in [3.05, 3.63) is 197 Å². The van der Waals surface area contributed by atoms with Crippen LogP contribution in [-0.4, -0.2) is 10.9 Å². The van der Waals surface area contributed by atoms with Crippen LogP contribution >= 0.6 is 0 Å². The quantitative estimate of drug-likeness (QED) is 0.135. The average molecular weight is 767 g/mol. The summed E-state index contributed by atoms with van der Waals surface area (Å²) in [7, 11) is 0. The van der Waals surface area contributed by atoms with Gasteiger partial charge in [-0.1, -0.05) is 141 Å². The van der Waals surface area contributed by atoms with Crippen molar-refractivity contribution in [3.8, 4) is 35.8 Å². The minimum absolute atomic E-state index is 0.156. The summed E-state index contributed by atoms with van der Waals surface area (Å²) in [5.41, 5.74) is 15.6. The number of hydrogen-bond donors (Lipinski definition) is 1. The standard InChI is InChI=1S/C57H54N2/c1-5-8-21-46(7-3)59(47-22-14-11-15-23-47)48-36-31-42(32-37-48)49-25-18-28-54-56(49)40(4)52(26-9-6-2)57(54)53-27-17-16-24-50(53)51-38-33-43(39-55(51)57)41-29-34-45(35-30-41)58-44-19-12-10-13-20-44/h2-3,5,8-15,18-22,25-26,28-31,33-36,38-40,47,50,52-53,58H,16-17,23-24,27,32,37H2,1,4H3/b8-5-,26-9-,46-21+. The van der Waals surface area contributed by atoms with Crippen LogP contribution < -0.4 is 5.32 Å². The number of nitrogens with zero attached hydrogens (tertiary/aromatic N) is 1. The van der Waals surface area contributed by atoms with E-state index in [1.165, 1.54) is 70.3 Å². The molecule has 0 aliphatic heterocycles. The Hall–Kier alpha value is -6.22. The Morgan fingerprint density at radius 2 is 1.66 bits per heavy atom. The van der Waals surface area contributed by atoms with Crippen LogP contribution in [0.3, 0.4) is 0 Å². The lowest BCUT2D eigenvalue weighted by Crippen LogP contribution is -2.39. The summed E-state index contributed by atoms with van der Waals surface area (Å²) in [6.45, 7) is 4.51. The van der Waals surface area contributed by atoms with E-state index in [9.17, 15) is 0 Å². The molecule has 2 heteroatoms. The number of para-hydroxylation sites is 1. The predicted molar refractivity (Wildman–Crippen MR) is 249 cm³/mol. The number of anilines is 2. The van der Waals surface area contributed by atoms with Crippen LogP contribution in [0.15, 0.2) is 169 Å². The molecule has 0 bridgehead atoms. The van der Waals surface area contributed by atoms with Gasteiger partial charge in [0.25, 0.3) is 0 Å². The Labute approximate surface area is 352 Å². The van der Waals surface area contributed by atoms with Crippen molar-refractivity contribution in [2.75, 3.05) is 5.32 Å². The summed E-state index contributed by atoms with van der Waals surface area (Å²) in [5.74, 6) is 7.54. The maximum atomic E-state index is 6.18. The molecule has 0 amide bonds. The minimum Gasteiger partial charge on any atom is -0.356 e. The van der Waals surface area contributed by atoms with Gasteiger partial charge in [0.15, 0.2) is 0 Å². The monoisotopic (exact) mass is 766 g/mol. The van der Waals surface area contributed by atoms with Crippen LogP contribution in [0.25, 0.3) is 16.7 Å². The van der Waals surface area contributed by atoms with Crippen molar-refractivity contribution in [2.45, 2.75) is 82.1 Å². The molecule has 0 radical (unpaired) electrons. The highest BCUT2D eigenvalue weighted by molar-refractivity contribution is 5.77. The molecule has 9 rings (SSSR count). The largest absolute Gasteiger partial charge is 0.356 e. The van der Waals surface area contributed by atoms with E-state index in [4.69, 9.17) is 12.8 Å². The molecule has 4 aromatic rings. The van der Waals surface area contributed by atoms with Crippen LogP contribution in [0.1, 0.15) is 98.4 Å². The van der Waals surface area contributed by atoms with Crippen molar-refractivity contribution in [2.24, 2.45) is 11.8 Å². The van der Waals surface area contributed by atoms with Crippen LogP contribution in [0, 0.1) is 36.5 Å². The maximum Gasteiger partial charge on any atom is 0.0924 e. The first-order chi connectivity index (χ1) is 29.1. The van der Waals surface area contributed by atoms with Gasteiger partial charge < -0.3 is 10.2 Å². The van der Waals surface area contributed by atoms with Gasteiger partial charge in [0, 0.05) is 22.5 Å². The Bertz CT molecular complexity index is 2520. The van der Waals surface area contributed by atoms with Crippen LogP contribution in [0.5, 0.6) is 0 Å². The van der Waals surface area contributed by atoms with Gasteiger partial charge in [0.05, 0.1) is 11.7 Å². The molecule has 0 saturated heterocycles. The highest BCUT2D eigenvalue weighted by atomic mass is 15.2. The molecule has 6 atom stereocenters. The van der Waals surface area contributed by atoms with Crippen molar-refractivity contribution in [1.29, 1.82) is 0 Å². The molecule has 59 heavy (non-hydrogen) atoms. The Balaban J connectivity index is 1.15. The van der Waals surface area contributed by atoms with E-state index in [2.05, 4.69) is 163 Å².